The van der Waals surface area contributed by atoms with E-state index >= 15 is 0 Å². The SMILES string of the molecule is C/C=C(\C=N)C1=NC(=O)C(C(=O)Nc2ccc(OC)cc2)=C1. The molecule has 1 heterocycles. The minimum absolute atomic E-state index is 0.0491. The largest absolute Gasteiger partial charge is 0.497 e. The zero-order valence-electron chi connectivity index (χ0n) is 12.2. The lowest BCUT2D eigenvalue weighted by Gasteiger charge is -2.05. The van der Waals surface area contributed by atoms with Crippen LogP contribution in [0.1, 0.15) is 6.92 Å². The molecule has 0 fully saturated rings. The molecule has 6 nitrogen and oxygen atoms in total. The van der Waals surface area contributed by atoms with Gasteiger partial charge in [0, 0.05) is 17.5 Å². The van der Waals surface area contributed by atoms with Crippen LogP contribution in [0.4, 0.5) is 5.69 Å². The third-order valence-electron chi connectivity index (χ3n) is 3.09. The average molecular weight is 297 g/mol. The molecule has 6 heteroatoms. The molecule has 1 aromatic carbocycles. The number of allylic oxidation sites excluding steroid dienone is 3. The Morgan fingerprint density at radius 3 is 2.55 bits per heavy atom. The first kappa shape index (κ1) is 15.4. The number of aliphatic imine (C=N–C) groups is 1. The summed E-state index contributed by atoms with van der Waals surface area (Å²) in [6, 6.07) is 6.76. The molecule has 2 N–H and O–H groups in total. The molecule has 2 rings (SSSR count). The van der Waals surface area contributed by atoms with E-state index in [1.807, 2.05) is 0 Å². The number of nitrogens with one attached hydrogen (secondary N) is 2. The number of methoxy groups -OCH3 is 1. The minimum atomic E-state index is -0.609. The van der Waals surface area contributed by atoms with Crippen molar-refractivity contribution in [1.29, 1.82) is 5.41 Å². The fourth-order valence-corrected chi connectivity index (χ4v) is 1.89. The van der Waals surface area contributed by atoms with Crippen molar-refractivity contribution >= 4 is 29.4 Å². The standard InChI is InChI=1S/C16H15N3O3/c1-3-10(9-17)14-8-13(16(21)19-14)15(20)18-11-4-6-12(22-2)7-5-11/h3-9,17H,1-2H3,(H,18,20)/b10-3+,17-9?. The van der Waals surface area contributed by atoms with E-state index in [9.17, 15) is 9.59 Å². The first-order chi connectivity index (χ1) is 10.6. The lowest BCUT2D eigenvalue weighted by molar-refractivity contribution is -0.119. The normalized spacial score (nSPS) is 14.3. The summed E-state index contributed by atoms with van der Waals surface area (Å²) in [6.45, 7) is 1.73. The molecule has 1 aromatic rings. The van der Waals surface area contributed by atoms with Gasteiger partial charge in [-0.1, -0.05) is 6.08 Å². The maximum Gasteiger partial charge on any atom is 0.283 e. The van der Waals surface area contributed by atoms with Crippen molar-refractivity contribution in [3.05, 3.63) is 47.6 Å². The van der Waals surface area contributed by atoms with Gasteiger partial charge in [-0.05, 0) is 37.3 Å². The number of carbonyl (C=O) groups excluding carboxylic acids is 2. The van der Waals surface area contributed by atoms with E-state index in [2.05, 4.69) is 10.3 Å². The number of anilines is 1. The second kappa shape index (κ2) is 6.62. The Bertz CT molecular complexity index is 713. The molecule has 1 aliphatic heterocycles. The van der Waals surface area contributed by atoms with Gasteiger partial charge in [-0.25, -0.2) is 4.99 Å². The van der Waals surface area contributed by atoms with Crippen LogP contribution in [-0.2, 0) is 9.59 Å². The monoisotopic (exact) mass is 297 g/mol. The molecule has 0 aromatic heterocycles. The maximum atomic E-state index is 12.1. The summed E-state index contributed by atoms with van der Waals surface area (Å²) in [5, 5.41) is 9.88. The van der Waals surface area contributed by atoms with Crippen molar-refractivity contribution in [2.75, 3.05) is 12.4 Å². The second-order valence-corrected chi connectivity index (χ2v) is 4.43. The first-order valence-corrected chi connectivity index (χ1v) is 6.56. The van der Waals surface area contributed by atoms with Gasteiger partial charge in [0.1, 0.15) is 11.3 Å². The molecule has 0 bridgehead atoms. The lowest BCUT2D eigenvalue weighted by atomic mass is 10.1. The van der Waals surface area contributed by atoms with Crippen LogP contribution in [-0.4, -0.2) is 30.9 Å². The average Bonchev–Trinajstić information content (AvgIpc) is 2.91. The molecule has 0 saturated carbocycles. The van der Waals surface area contributed by atoms with E-state index in [0.29, 0.717) is 22.7 Å². The van der Waals surface area contributed by atoms with Crippen LogP contribution in [0.3, 0.4) is 0 Å². The molecule has 0 atom stereocenters. The molecule has 2 amide bonds. The zero-order valence-corrected chi connectivity index (χ0v) is 12.2. The van der Waals surface area contributed by atoms with Gasteiger partial charge < -0.3 is 15.5 Å². The molecule has 0 spiro atoms. The van der Waals surface area contributed by atoms with Crippen LogP contribution in [0.15, 0.2) is 52.6 Å². The van der Waals surface area contributed by atoms with Gasteiger partial charge in [0.2, 0.25) is 0 Å². The molecular weight excluding hydrogens is 282 g/mol. The van der Waals surface area contributed by atoms with Crippen LogP contribution in [0.5, 0.6) is 5.75 Å². The van der Waals surface area contributed by atoms with Gasteiger partial charge in [-0.3, -0.25) is 9.59 Å². The summed E-state index contributed by atoms with van der Waals surface area (Å²) in [6.07, 6.45) is 4.13. The molecular formula is C16H15N3O3. The molecule has 112 valence electrons. The lowest BCUT2D eigenvalue weighted by Crippen LogP contribution is -2.17. The van der Waals surface area contributed by atoms with Gasteiger partial charge in [-0.2, -0.15) is 0 Å². The summed E-state index contributed by atoms with van der Waals surface area (Å²) < 4.78 is 5.03. The molecule has 0 unspecified atom stereocenters. The Hall–Kier alpha value is -3.02. The minimum Gasteiger partial charge on any atom is -0.497 e. The van der Waals surface area contributed by atoms with E-state index < -0.39 is 11.8 Å². The molecule has 0 radical (unpaired) electrons. The van der Waals surface area contributed by atoms with Gasteiger partial charge in [0.25, 0.3) is 11.8 Å². The number of rotatable bonds is 5. The number of ether oxygens (including phenoxy) is 1. The Morgan fingerprint density at radius 2 is 2.00 bits per heavy atom. The van der Waals surface area contributed by atoms with Crippen LogP contribution in [0.2, 0.25) is 0 Å². The Kier molecular flexibility index (Phi) is 4.63. The molecule has 0 saturated heterocycles. The van der Waals surface area contributed by atoms with Crippen molar-refractivity contribution in [3.63, 3.8) is 0 Å². The number of carbonyl (C=O) groups is 2. The van der Waals surface area contributed by atoms with Crippen LogP contribution < -0.4 is 10.1 Å². The summed E-state index contributed by atoms with van der Waals surface area (Å²) in [4.78, 5) is 27.7. The number of hydrogen-bond donors (Lipinski definition) is 2. The highest BCUT2D eigenvalue weighted by molar-refractivity contribution is 6.37. The van der Waals surface area contributed by atoms with Crippen LogP contribution >= 0.6 is 0 Å². The van der Waals surface area contributed by atoms with Crippen molar-refractivity contribution in [1.82, 2.24) is 0 Å². The highest BCUT2D eigenvalue weighted by atomic mass is 16.5. The molecule has 0 aliphatic carbocycles. The molecule has 22 heavy (non-hydrogen) atoms. The number of hydrogen-bond acceptors (Lipinski definition) is 4. The van der Waals surface area contributed by atoms with Gasteiger partial charge in [0.05, 0.1) is 12.8 Å². The van der Waals surface area contributed by atoms with E-state index in [0.717, 1.165) is 6.21 Å². The third kappa shape index (κ3) is 3.17. The smallest absolute Gasteiger partial charge is 0.283 e. The van der Waals surface area contributed by atoms with E-state index in [-0.39, 0.29) is 5.57 Å². The zero-order chi connectivity index (χ0) is 16.1. The van der Waals surface area contributed by atoms with E-state index in [4.69, 9.17) is 10.1 Å². The summed E-state index contributed by atoms with van der Waals surface area (Å²) >= 11 is 0. The fourth-order valence-electron chi connectivity index (χ4n) is 1.89. The number of benzene rings is 1. The van der Waals surface area contributed by atoms with Crippen LogP contribution in [0, 0.1) is 5.41 Å². The predicted octanol–water partition coefficient (Wildman–Crippen LogP) is 2.14. The summed E-state index contributed by atoms with van der Waals surface area (Å²) in [5.41, 5.74) is 1.31. The van der Waals surface area contributed by atoms with E-state index in [1.165, 1.54) is 6.08 Å². The van der Waals surface area contributed by atoms with Gasteiger partial charge in [-0.15, -0.1) is 0 Å². The fraction of sp³-hybridized carbons (Fsp3) is 0.125. The Labute approximate surface area is 127 Å². The summed E-state index contributed by atoms with van der Waals surface area (Å²) in [7, 11) is 1.55. The topological polar surface area (TPSA) is 91.6 Å². The van der Waals surface area contributed by atoms with Gasteiger partial charge in [0.15, 0.2) is 0 Å². The number of amides is 2. The van der Waals surface area contributed by atoms with Crippen molar-refractivity contribution in [3.8, 4) is 5.75 Å². The quantitative estimate of drug-likeness (QED) is 0.644. The third-order valence-corrected chi connectivity index (χ3v) is 3.09. The second-order valence-electron chi connectivity index (χ2n) is 4.43. The van der Waals surface area contributed by atoms with Crippen molar-refractivity contribution < 1.29 is 14.3 Å². The Balaban J connectivity index is 2.14. The number of nitrogens with zero attached hydrogens (tertiary/aromatic N) is 1. The van der Waals surface area contributed by atoms with Gasteiger partial charge >= 0.3 is 0 Å². The summed E-state index contributed by atoms with van der Waals surface area (Å²) in [5.74, 6) is -0.472. The predicted molar refractivity (Wildman–Crippen MR) is 84.7 cm³/mol. The highest BCUT2D eigenvalue weighted by Crippen LogP contribution is 2.18. The van der Waals surface area contributed by atoms with Crippen LogP contribution in [0.25, 0.3) is 0 Å². The highest BCUT2D eigenvalue weighted by Gasteiger charge is 2.25. The van der Waals surface area contributed by atoms with Crippen molar-refractivity contribution in [2.24, 2.45) is 4.99 Å². The molecule has 1 aliphatic rings. The Morgan fingerprint density at radius 1 is 1.32 bits per heavy atom. The first-order valence-electron chi connectivity index (χ1n) is 6.56. The van der Waals surface area contributed by atoms with E-state index in [1.54, 1.807) is 44.4 Å². The maximum absolute atomic E-state index is 12.1. The van der Waals surface area contributed by atoms with Crippen molar-refractivity contribution in [2.45, 2.75) is 6.92 Å².